The van der Waals surface area contributed by atoms with Gasteiger partial charge < -0.3 is 20.8 Å². The minimum Gasteiger partial charge on any atom is -0.496 e. The Kier molecular flexibility index (Phi) is 5.42. The first kappa shape index (κ1) is 20.5. The van der Waals surface area contributed by atoms with Crippen molar-refractivity contribution >= 4 is 17.2 Å². The van der Waals surface area contributed by atoms with Crippen molar-refractivity contribution < 1.29 is 4.74 Å². The molecule has 3 aromatic rings. The summed E-state index contributed by atoms with van der Waals surface area (Å²) in [4.78, 5) is 13.7. The summed E-state index contributed by atoms with van der Waals surface area (Å²) < 4.78 is 8.72. The molecule has 1 aliphatic heterocycles. The molecule has 2 heterocycles. The third kappa shape index (κ3) is 3.52. The molecule has 7 heteroatoms. The molecule has 0 spiro atoms. The van der Waals surface area contributed by atoms with Gasteiger partial charge in [0.15, 0.2) is 0 Å². The van der Waals surface area contributed by atoms with Crippen molar-refractivity contribution in [2.75, 3.05) is 24.8 Å². The van der Waals surface area contributed by atoms with Crippen molar-refractivity contribution in [3.8, 4) is 17.1 Å². The third-order valence-electron chi connectivity index (χ3n) is 5.67. The first-order valence-corrected chi connectivity index (χ1v) is 10.3. The summed E-state index contributed by atoms with van der Waals surface area (Å²) in [6, 6.07) is 13.3. The van der Waals surface area contributed by atoms with E-state index in [1.807, 2.05) is 62.6 Å². The third-order valence-corrected chi connectivity index (χ3v) is 5.67. The second kappa shape index (κ2) is 8.18. The standard InChI is InChI=1S/C24H27N5O2/c1-5-16-12-20(25)22-23(27-14-16)29(18-10-7-17(26-3)8-11-18)24(30)28(22)19-9-6-15(2)21(13-19)31-4/h6-11,13-14,25-27H,5,12H2,1-4H3. The maximum absolute atomic E-state index is 13.7. The number of nitrogens with zero attached hydrogens (tertiary/aromatic N) is 2. The summed E-state index contributed by atoms with van der Waals surface area (Å²) in [5.74, 6) is 1.29. The van der Waals surface area contributed by atoms with Crippen molar-refractivity contribution in [3.63, 3.8) is 0 Å². The molecule has 0 atom stereocenters. The number of anilines is 2. The predicted octanol–water partition coefficient (Wildman–Crippen LogP) is 4.46. The number of ether oxygens (including phenoxy) is 1. The quantitative estimate of drug-likeness (QED) is 0.572. The topological polar surface area (TPSA) is 84.1 Å². The molecule has 31 heavy (non-hydrogen) atoms. The maximum atomic E-state index is 13.7. The van der Waals surface area contributed by atoms with Crippen LogP contribution >= 0.6 is 0 Å². The summed E-state index contributed by atoms with van der Waals surface area (Å²) >= 11 is 0. The summed E-state index contributed by atoms with van der Waals surface area (Å²) in [7, 11) is 3.47. The molecule has 0 fully saturated rings. The van der Waals surface area contributed by atoms with Crippen LogP contribution in [0.1, 0.15) is 31.0 Å². The number of methoxy groups -OCH3 is 1. The minimum absolute atomic E-state index is 0.237. The van der Waals surface area contributed by atoms with Crippen molar-refractivity contribution in [2.45, 2.75) is 26.7 Å². The molecule has 160 valence electrons. The van der Waals surface area contributed by atoms with Crippen LogP contribution in [0, 0.1) is 12.3 Å². The molecule has 7 nitrogen and oxygen atoms in total. The fraction of sp³-hybridized carbons (Fsp3) is 0.250. The molecule has 0 radical (unpaired) electrons. The van der Waals surface area contributed by atoms with Gasteiger partial charge in [-0.15, -0.1) is 0 Å². The van der Waals surface area contributed by atoms with Crippen LogP contribution in [0.3, 0.4) is 0 Å². The van der Waals surface area contributed by atoms with E-state index in [0.29, 0.717) is 35.1 Å². The Morgan fingerprint density at radius 1 is 1.13 bits per heavy atom. The van der Waals surface area contributed by atoms with Crippen molar-refractivity contribution in [3.05, 3.63) is 76.0 Å². The van der Waals surface area contributed by atoms with Gasteiger partial charge in [-0.05, 0) is 54.8 Å². The van der Waals surface area contributed by atoms with E-state index in [0.717, 1.165) is 28.9 Å². The summed E-state index contributed by atoms with van der Waals surface area (Å²) in [5, 5.41) is 15.2. The molecule has 1 aliphatic rings. The highest BCUT2D eigenvalue weighted by atomic mass is 16.5. The van der Waals surface area contributed by atoms with Crippen LogP contribution in [-0.4, -0.2) is 29.0 Å². The van der Waals surface area contributed by atoms with Crippen LogP contribution in [0.5, 0.6) is 5.75 Å². The van der Waals surface area contributed by atoms with Crippen LogP contribution in [0.2, 0.25) is 0 Å². The molecule has 0 bridgehead atoms. The van der Waals surface area contributed by atoms with E-state index in [2.05, 4.69) is 17.6 Å². The molecule has 3 N–H and O–H groups in total. The highest BCUT2D eigenvalue weighted by Crippen LogP contribution is 2.30. The molecular weight excluding hydrogens is 390 g/mol. The predicted molar refractivity (Wildman–Crippen MR) is 126 cm³/mol. The van der Waals surface area contributed by atoms with Gasteiger partial charge >= 0.3 is 5.69 Å². The molecule has 0 unspecified atom stereocenters. The molecule has 0 saturated heterocycles. The van der Waals surface area contributed by atoms with Gasteiger partial charge in [0.1, 0.15) is 17.3 Å². The number of rotatable bonds is 5. The number of benzene rings is 2. The van der Waals surface area contributed by atoms with Crippen LogP contribution in [-0.2, 0) is 0 Å². The molecule has 0 saturated carbocycles. The molecule has 2 aromatic carbocycles. The van der Waals surface area contributed by atoms with Gasteiger partial charge in [-0.3, -0.25) is 4.57 Å². The normalized spacial score (nSPS) is 13.2. The van der Waals surface area contributed by atoms with E-state index in [4.69, 9.17) is 10.1 Å². The zero-order chi connectivity index (χ0) is 22.1. The second-order valence-corrected chi connectivity index (χ2v) is 7.56. The zero-order valence-corrected chi connectivity index (χ0v) is 18.2. The number of hydrogen-bond donors (Lipinski definition) is 3. The molecule has 4 rings (SSSR count). The number of imidazole rings is 1. The Labute approximate surface area is 181 Å². The van der Waals surface area contributed by atoms with Crippen molar-refractivity contribution in [1.82, 2.24) is 9.13 Å². The summed E-state index contributed by atoms with van der Waals surface area (Å²) in [6.45, 7) is 4.03. The number of aryl methyl sites for hydroxylation is 1. The van der Waals surface area contributed by atoms with Crippen molar-refractivity contribution in [2.24, 2.45) is 0 Å². The fourth-order valence-electron chi connectivity index (χ4n) is 3.88. The van der Waals surface area contributed by atoms with Gasteiger partial charge in [-0.2, -0.15) is 0 Å². The van der Waals surface area contributed by atoms with Gasteiger partial charge in [0, 0.05) is 31.4 Å². The number of fused-ring (bicyclic) bond motifs is 1. The minimum atomic E-state index is -0.237. The van der Waals surface area contributed by atoms with Crippen molar-refractivity contribution in [1.29, 1.82) is 5.41 Å². The van der Waals surface area contributed by atoms with Gasteiger partial charge in [0.05, 0.1) is 24.2 Å². The average Bonchev–Trinajstić information content (AvgIpc) is 2.98. The average molecular weight is 418 g/mol. The number of aromatic nitrogens is 2. The first-order valence-electron chi connectivity index (χ1n) is 10.3. The Balaban J connectivity index is 2.00. The van der Waals surface area contributed by atoms with Crippen LogP contribution in [0.15, 0.2) is 59.0 Å². The monoisotopic (exact) mass is 417 g/mol. The van der Waals surface area contributed by atoms with Gasteiger partial charge in [0.2, 0.25) is 0 Å². The lowest BCUT2D eigenvalue weighted by molar-refractivity contribution is 0.411. The Bertz CT molecular complexity index is 1230. The van der Waals surface area contributed by atoms with Gasteiger partial charge in [-0.1, -0.05) is 13.0 Å². The van der Waals surface area contributed by atoms with Crippen LogP contribution in [0.4, 0.5) is 11.5 Å². The smallest absolute Gasteiger partial charge is 0.339 e. The Hall–Kier alpha value is -3.74. The van der Waals surface area contributed by atoms with Crippen LogP contribution in [0.25, 0.3) is 11.4 Å². The lowest BCUT2D eigenvalue weighted by Gasteiger charge is -2.11. The van der Waals surface area contributed by atoms with E-state index in [1.165, 1.54) is 0 Å². The second-order valence-electron chi connectivity index (χ2n) is 7.56. The van der Waals surface area contributed by atoms with Gasteiger partial charge in [0.25, 0.3) is 0 Å². The number of hydrogen-bond acceptors (Lipinski definition) is 5. The first-order chi connectivity index (χ1) is 15.0. The zero-order valence-electron chi connectivity index (χ0n) is 18.2. The van der Waals surface area contributed by atoms with E-state index in [-0.39, 0.29) is 5.69 Å². The highest BCUT2D eigenvalue weighted by Gasteiger charge is 2.27. The van der Waals surface area contributed by atoms with E-state index in [1.54, 1.807) is 16.2 Å². The van der Waals surface area contributed by atoms with E-state index in [9.17, 15) is 4.79 Å². The lowest BCUT2D eigenvalue weighted by atomic mass is 10.1. The van der Waals surface area contributed by atoms with E-state index >= 15 is 0 Å². The Morgan fingerprint density at radius 2 is 1.84 bits per heavy atom. The SMILES string of the molecule is CCC1=CNc2c(n(-c3ccc(C)c(OC)c3)c(=O)n2-c2ccc(NC)cc2)C(=N)C1. The maximum Gasteiger partial charge on any atom is 0.339 e. The molecule has 1 aromatic heterocycles. The highest BCUT2D eigenvalue weighted by molar-refractivity contribution is 6.04. The lowest BCUT2D eigenvalue weighted by Crippen LogP contribution is -2.24. The number of nitrogens with one attached hydrogen (secondary N) is 3. The summed E-state index contributed by atoms with van der Waals surface area (Å²) in [5.41, 5.74) is 5.17. The van der Waals surface area contributed by atoms with Gasteiger partial charge in [-0.25, -0.2) is 9.36 Å². The number of allylic oxidation sites excluding steroid dienone is 1. The van der Waals surface area contributed by atoms with E-state index < -0.39 is 0 Å². The summed E-state index contributed by atoms with van der Waals surface area (Å²) in [6.07, 6.45) is 3.24. The molecular formula is C24H27N5O2. The Morgan fingerprint density at radius 3 is 2.48 bits per heavy atom. The largest absolute Gasteiger partial charge is 0.496 e. The molecule has 0 amide bonds. The fourth-order valence-corrected chi connectivity index (χ4v) is 3.88. The molecule has 0 aliphatic carbocycles. The van der Waals surface area contributed by atoms with Crippen LogP contribution < -0.4 is 21.1 Å².